The summed E-state index contributed by atoms with van der Waals surface area (Å²) in [5.74, 6) is 6.40. The van der Waals surface area contributed by atoms with Crippen molar-refractivity contribution in [3.05, 3.63) is 78.4 Å². The van der Waals surface area contributed by atoms with Crippen LogP contribution >= 0.6 is 0 Å². The highest BCUT2D eigenvalue weighted by Crippen LogP contribution is 2.38. The van der Waals surface area contributed by atoms with E-state index in [2.05, 4.69) is 37.1 Å². The summed E-state index contributed by atoms with van der Waals surface area (Å²) in [5.41, 5.74) is 9.06. The summed E-state index contributed by atoms with van der Waals surface area (Å²) >= 11 is 0. The van der Waals surface area contributed by atoms with Crippen LogP contribution in [0.25, 0.3) is 22.3 Å². The normalized spacial score (nSPS) is 15.7. The number of hydrogen-bond donors (Lipinski definition) is 2. The third-order valence-electron chi connectivity index (χ3n) is 7.00. The number of rotatable bonds is 8. The van der Waals surface area contributed by atoms with Crippen LogP contribution in [0.5, 0.6) is 17.2 Å². The molecule has 1 aliphatic rings. The van der Waals surface area contributed by atoms with Crippen molar-refractivity contribution in [2.24, 2.45) is 0 Å². The fourth-order valence-corrected chi connectivity index (χ4v) is 4.85. The molecular weight excluding hydrogens is 551 g/mol. The van der Waals surface area contributed by atoms with E-state index in [1.165, 1.54) is 18.5 Å². The van der Waals surface area contributed by atoms with Crippen LogP contribution < -0.4 is 20.5 Å². The van der Waals surface area contributed by atoms with Crippen molar-refractivity contribution in [2.45, 2.75) is 45.4 Å². The van der Waals surface area contributed by atoms with Gasteiger partial charge in [0.05, 0.1) is 11.4 Å². The van der Waals surface area contributed by atoms with Gasteiger partial charge in [-0.15, -0.1) is 0 Å². The van der Waals surface area contributed by atoms with Crippen molar-refractivity contribution in [2.75, 3.05) is 5.73 Å². The Hall–Kier alpha value is -5.57. The molecule has 43 heavy (non-hydrogen) atoms. The monoisotopic (exact) mass is 578 g/mol. The predicted octanol–water partition coefficient (Wildman–Crippen LogP) is 4.53. The van der Waals surface area contributed by atoms with Crippen molar-refractivity contribution in [3.8, 4) is 40.3 Å². The van der Waals surface area contributed by atoms with Crippen molar-refractivity contribution < 1.29 is 18.7 Å². The first kappa shape index (κ1) is 27.6. The average Bonchev–Trinajstić information content (AvgIpc) is 3.35. The molecule has 216 valence electrons. The maximum atomic E-state index is 14.4. The fourth-order valence-electron chi connectivity index (χ4n) is 4.85. The second-order valence-electron chi connectivity index (χ2n) is 10.1. The molecule has 0 atom stereocenters. The molecule has 6 rings (SSSR count). The molecule has 3 aromatic heterocycles. The largest absolute Gasteiger partial charge is 0.489 e. The number of amides is 1. The number of aryl methyl sites for hydroxylation is 1. The van der Waals surface area contributed by atoms with Crippen molar-refractivity contribution in [3.63, 3.8) is 0 Å². The minimum absolute atomic E-state index is 0.0158. The van der Waals surface area contributed by atoms with E-state index < -0.39 is 5.82 Å². The van der Waals surface area contributed by atoms with Gasteiger partial charge in [0.1, 0.15) is 53.3 Å². The predicted molar refractivity (Wildman–Crippen MR) is 156 cm³/mol. The number of nitrogens with two attached hydrogens (primary N) is 1. The Bertz CT molecular complexity index is 1860. The highest BCUT2D eigenvalue weighted by atomic mass is 19.1. The molecule has 0 unspecified atom stereocenters. The zero-order valence-electron chi connectivity index (χ0n) is 23.4. The molecule has 5 aromatic rings. The van der Waals surface area contributed by atoms with Gasteiger partial charge in [0.25, 0.3) is 5.91 Å². The number of nitrogens with one attached hydrogen (secondary N) is 1. The zero-order valence-corrected chi connectivity index (χ0v) is 23.4. The molecule has 0 spiro atoms. The van der Waals surface area contributed by atoms with Crippen LogP contribution in [0, 0.1) is 24.6 Å². The third-order valence-corrected chi connectivity index (χ3v) is 7.00. The number of benzene rings is 2. The first-order valence-corrected chi connectivity index (χ1v) is 13.6. The summed E-state index contributed by atoms with van der Waals surface area (Å²) in [5, 5.41) is 8.40. The molecule has 1 fully saturated rings. The molecular formula is C31H27FN8O3. The minimum Gasteiger partial charge on any atom is -0.489 e. The van der Waals surface area contributed by atoms with Crippen molar-refractivity contribution in [1.29, 1.82) is 0 Å². The smallest absolute Gasteiger partial charge is 0.296 e. The molecule has 12 heteroatoms. The van der Waals surface area contributed by atoms with E-state index in [0.29, 0.717) is 52.7 Å². The number of aromatic nitrogens is 6. The van der Waals surface area contributed by atoms with E-state index in [1.54, 1.807) is 44.4 Å². The van der Waals surface area contributed by atoms with Gasteiger partial charge >= 0.3 is 0 Å². The van der Waals surface area contributed by atoms with Gasteiger partial charge in [-0.3, -0.25) is 4.79 Å². The zero-order chi connectivity index (χ0) is 29.9. The Kier molecular flexibility index (Phi) is 7.53. The maximum Gasteiger partial charge on any atom is 0.296 e. The molecule has 2 aromatic carbocycles. The van der Waals surface area contributed by atoms with E-state index in [4.69, 9.17) is 20.3 Å². The Labute approximate surface area is 246 Å². The summed E-state index contributed by atoms with van der Waals surface area (Å²) < 4.78 is 27.9. The van der Waals surface area contributed by atoms with Crippen LogP contribution in [-0.4, -0.2) is 41.7 Å². The lowest BCUT2D eigenvalue weighted by Crippen LogP contribution is -2.44. The second-order valence-corrected chi connectivity index (χ2v) is 10.1. The number of nitrogen functional groups attached to an aromatic ring is 1. The molecule has 1 amide bonds. The first-order valence-electron chi connectivity index (χ1n) is 13.6. The Morgan fingerprint density at radius 1 is 1.07 bits per heavy atom. The quantitative estimate of drug-likeness (QED) is 0.254. The molecule has 3 heterocycles. The summed E-state index contributed by atoms with van der Waals surface area (Å²) in [6, 6.07) is 11.4. The van der Waals surface area contributed by atoms with Gasteiger partial charge in [0.15, 0.2) is 5.65 Å². The number of ether oxygens (including phenoxy) is 2. The SMILES string of the molecule is CC#CC(=O)N[C@H]1C[C@@H](n2nc(-c3ccc(Oc4cc(F)cc(OCc5cnc(C)nc5)c4)cc3)c3c(N)ncnc32)C1. The number of nitrogens with zero attached hydrogens (tertiary/aromatic N) is 6. The van der Waals surface area contributed by atoms with E-state index in [9.17, 15) is 9.18 Å². The van der Waals surface area contributed by atoms with E-state index in [-0.39, 0.29) is 30.3 Å². The van der Waals surface area contributed by atoms with E-state index in [1.807, 2.05) is 16.8 Å². The van der Waals surface area contributed by atoms with Crippen LogP contribution in [0.1, 0.15) is 37.2 Å². The molecule has 0 bridgehead atoms. The van der Waals surface area contributed by atoms with Crippen LogP contribution in [0.15, 0.2) is 61.2 Å². The van der Waals surface area contributed by atoms with Crippen molar-refractivity contribution in [1.82, 2.24) is 35.0 Å². The summed E-state index contributed by atoms with van der Waals surface area (Å²) in [7, 11) is 0. The van der Waals surface area contributed by atoms with E-state index in [0.717, 1.165) is 11.1 Å². The number of halogens is 1. The lowest BCUT2D eigenvalue weighted by molar-refractivity contribution is -0.117. The van der Waals surface area contributed by atoms with Gasteiger partial charge in [0, 0.05) is 47.8 Å². The van der Waals surface area contributed by atoms with E-state index >= 15 is 0 Å². The maximum absolute atomic E-state index is 14.4. The fraction of sp³-hybridized carbons (Fsp3) is 0.226. The van der Waals surface area contributed by atoms with Gasteiger partial charge in [-0.25, -0.2) is 29.0 Å². The van der Waals surface area contributed by atoms with Gasteiger partial charge in [-0.05, 0) is 56.9 Å². The number of carbonyl (C=O) groups excluding carboxylic acids is 1. The number of hydrogen-bond acceptors (Lipinski definition) is 9. The highest BCUT2D eigenvalue weighted by molar-refractivity contribution is 5.98. The minimum atomic E-state index is -0.493. The second kappa shape index (κ2) is 11.7. The lowest BCUT2D eigenvalue weighted by Gasteiger charge is -2.35. The molecule has 3 N–H and O–H groups in total. The number of carbonyl (C=O) groups is 1. The Balaban J connectivity index is 1.18. The van der Waals surface area contributed by atoms with Gasteiger partial charge in [0.2, 0.25) is 0 Å². The standard InChI is InChI=1S/C31H27FN8O3/c1-3-4-27(41)38-22-11-23(12-22)40-31-28(30(33)36-17-37-31)29(39-40)20-5-7-24(8-6-20)43-26-10-21(32)9-25(13-26)42-16-19-14-34-18(2)35-15-19/h5-10,13-15,17,22-23H,11-12,16H2,1-2H3,(H,38,41)(H2,33,36,37)/t22-,23+. The summed E-state index contributed by atoms with van der Waals surface area (Å²) in [6.45, 7) is 3.61. The summed E-state index contributed by atoms with van der Waals surface area (Å²) in [4.78, 5) is 28.7. The molecule has 1 aliphatic carbocycles. The van der Waals surface area contributed by atoms with Crippen LogP contribution in [0.4, 0.5) is 10.2 Å². The lowest BCUT2D eigenvalue weighted by atomic mass is 9.87. The third kappa shape index (κ3) is 6.06. The van der Waals surface area contributed by atoms with Crippen LogP contribution in [-0.2, 0) is 11.4 Å². The molecule has 1 saturated carbocycles. The van der Waals surface area contributed by atoms with Crippen molar-refractivity contribution >= 4 is 22.8 Å². The molecule has 11 nitrogen and oxygen atoms in total. The summed E-state index contributed by atoms with van der Waals surface area (Å²) in [6.07, 6.45) is 6.14. The number of anilines is 1. The first-order chi connectivity index (χ1) is 20.9. The average molecular weight is 579 g/mol. The topological polar surface area (TPSA) is 143 Å². The van der Waals surface area contributed by atoms with Crippen LogP contribution in [0.2, 0.25) is 0 Å². The number of fused-ring (bicyclic) bond motifs is 1. The highest BCUT2D eigenvalue weighted by Gasteiger charge is 2.34. The molecule has 0 aliphatic heterocycles. The van der Waals surface area contributed by atoms with Gasteiger partial charge < -0.3 is 20.5 Å². The Morgan fingerprint density at radius 2 is 1.81 bits per heavy atom. The van der Waals surface area contributed by atoms with Crippen LogP contribution in [0.3, 0.4) is 0 Å². The van der Waals surface area contributed by atoms with Gasteiger partial charge in [-0.1, -0.05) is 5.92 Å². The molecule has 0 saturated heterocycles. The Morgan fingerprint density at radius 3 is 2.56 bits per heavy atom. The van der Waals surface area contributed by atoms with Gasteiger partial charge in [-0.2, -0.15) is 5.10 Å². The molecule has 0 radical (unpaired) electrons.